The monoisotopic (exact) mass is 385 g/mol. The van der Waals surface area contributed by atoms with Gasteiger partial charge in [0.1, 0.15) is 10.3 Å². The van der Waals surface area contributed by atoms with Crippen molar-refractivity contribution in [3.05, 3.63) is 27.5 Å². The number of nitrogens with zero attached hydrogens (tertiary/aromatic N) is 1. The first-order valence-corrected chi connectivity index (χ1v) is 7.09. The Morgan fingerprint density at radius 2 is 2.17 bits per heavy atom. The molecule has 0 radical (unpaired) electrons. The number of aromatic nitrogens is 1. The molecule has 1 heterocycles. The van der Waals surface area contributed by atoms with Gasteiger partial charge in [0.2, 0.25) is 0 Å². The molecule has 1 rings (SSSR count). The van der Waals surface area contributed by atoms with Crippen LogP contribution in [0.4, 0.5) is 8.78 Å². The third-order valence-electron chi connectivity index (χ3n) is 2.15. The van der Waals surface area contributed by atoms with E-state index in [1.54, 1.807) is 6.92 Å². The number of carbonyl (C=O) groups is 1. The van der Waals surface area contributed by atoms with Crippen LogP contribution in [-0.4, -0.2) is 17.6 Å². The van der Waals surface area contributed by atoms with E-state index in [0.29, 0.717) is 11.1 Å². The summed E-state index contributed by atoms with van der Waals surface area (Å²) >= 11 is 6.22. The van der Waals surface area contributed by atoms with Crippen molar-refractivity contribution in [3.8, 4) is 0 Å². The molecule has 0 amide bonds. The van der Waals surface area contributed by atoms with Gasteiger partial charge in [-0.25, -0.2) is 13.8 Å². The van der Waals surface area contributed by atoms with Gasteiger partial charge in [-0.15, -0.1) is 0 Å². The summed E-state index contributed by atoms with van der Waals surface area (Å²) in [4.78, 5) is 15.1. The first kappa shape index (κ1) is 15.5. The van der Waals surface area contributed by atoms with Gasteiger partial charge in [-0.3, -0.25) is 4.79 Å². The topological polar surface area (TPSA) is 39.2 Å². The summed E-state index contributed by atoms with van der Waals surface area (Å²) in [7, 11) is 0. The van der Waals surface area contributed by atoms with E-state index in [1.165, 1.54) is 6.07 Å². The average molecular weight is 387 g/mol. The molecule has 100 valence electrons. The number of rotatable bonds is 5. The van der Waals surface area contributed by atoms with Crippen molar-refractivity contribution in [2.75, 3.05) is 6.61 Å². The van der Waals surface area contributed by atoms with E-state index < -0.39 is 12.4 Å². The van der Waals surface area contributed by atoms with Crippen LogP contribution >= 0.6 is 31.9 Å². The van der Waals surface area contributed by atoms with Crippen molar-refractivity contribution in [2.24, 2.45) is 0 Å². The Morgan fingerprint density at radius 3 is 2.67 bits per heavy atom. The lowest BCUT2D eigenvalue weighted by atomic mass is 10.1. The zero-order chi connectivity index (χ0) is 13.7. The first-order chi connectivity index (χ1) is 8.49. The minimum absolute atomic E-state index is 0.00490. The maximum atomic E-state index is 12.7. The maximum absolute atomic E-state index is 12.7. The molecule has 3 nitrogen and oxygen atoms in total. The van der Waals surface area contributed by atoms with Gasteiger partial charge in [-0.05, 0) is 40.0 Å². The fourth-order valence-electron chi connectivity index (χ4n) is 1.38. The number of hydrogen-bond donors (Lipinski definition) is 0. The van der Waals surface area contributed by atoms with E-state index in [9.17, 15) is 13.6 Å². The third kappa shape index (κ3) is 3.98. The molecule has 0 aliphatic rings. The number of hydrogen-bond acceptors (Lipinski definition) is 3. The van der Waals surface area contributed by atoms with Crippen LogP contribution in [0.1, 0.15) is 30.2 Å². The van der Waals surface area contributed by atoms with Crippen LogP contribution in [0.5, 0.6) is 0 Å². The predicted octanol–water partition coefficient (Wildman–Crippen LogP) is 3.78. The number of carbonyl (C=O) groups excluding carboxylic acids is 1. The van der Waals surface area contributed by atoms with Crippen LogP contribution in [-0.2, 0) is 21.3 Å². The van der Waals surface area contributed by atoms with Crippen molar-refractivity contribution >= 4 is 37.8 Å². The summed E-state index contributed by atoms with van der Waals surface area (Å²) in [6.07, 6.45) is -2.64. The van der Waals surface area contributed by atoms with Crippen LogP contribution in [0.25, 0.3) is 0 Å². The molecule has 0 spiro atoms. The largest absolute Gasteiger partial charge is 0.466 e. The number of alkyl halides is 3. The second-order valence-electron chi connectivity index (χ2n) is 3.40. The molecule has 0 aliphatic heterocycles. The molecular formula is C11H11Br2F2NO2. The van der Waals surface area contributed by atoms with E-state index in [0.717, 1.165) is 0 Å². The predicted molar refractivity (Wildman–Crippen MR) is 69.9 cm³/mol. The van der Waals surface area contributed by atoms with Gasteiger partial charge in [0.25, 0.3) is 6.43 Å². The Bertz CT molecular complexity index is 441. The Labute approximate surface area is 120 Å². The molecule has 0 aliphatic carbocycles. The summed E-state index contributed by atoms with van der Waals surface area (Å²) in [6, 6.07) is 1.53. The van der Waals surface area contributed by atoms with Crippen LogP contribution < -0.4 is 0 Å². The number of esters is 1. The Kier molecular flexibility index (Phi) is 6.14. The molecular weight excluding hydrogens is 376 g/mol. The molecule has 18 heavy (non-hydrogen) atoms. The lowest BCUT2D eigenvalue weighted by Crippen LogP contribution is -2.10. The minimum Gasteiger partial charge on any atom is -0.466 e. The van der Waals surface area contributed by atoms with Crippen molar-refractivity contribution in [2.45, 2.75) is 25.1 Å². The van der Waals surface area contributed by atoms with E-state index in [1.807, 2.05) is 0 Å². The van der Waals surface area contributed by atoms with Crippen LogP contribution in [0.3, 0.4) is 0 Å². The third-order valence-corrected chi connectivity index (χ3v) is 3.44. The molecule has 0 saturated heterocycles. The summed E-state index contributed by atoms with van der Waals surface area (Å²) in [5, 5.41) is 0.253. The van der Waals surface area contributed by atoms with Gasteiger partial charge in [-0.2, -0.15) is 0 Å². The van der Waals surface area contributed by atoms with Gasteiger partial charge in [0, 0.05) is 5.33 Å². The van der Waals surface area contributed by atoms with E-state index in [4.69, 9.17) is 4.74 Å². The van der Waals surface area contributed by atoms with Gasteiger partial charge < -0.3 is 4.74 Å². The van der Waals surface area contributed by atoms with E-state index >= 15 is 0 Å². The van der Waals surface area contributed by atoms with Crippen LogP contribution in [0.15, 0.2) is 10.7 Å². The van der Waals surface area contributed by atoms with Crippen molar-refractivity contribution in [3.63, 3.8) is 0 Å². The SMILES string of the molecule is CCOC(=O)Cc1cc(CBr)c(C(F)F)nc1Br. The van der Waals surface area contributed by atoms with Gasteiger partial charge >= 0.3 is 5.97 Å². The van der Waals surface area contributed by atoms with Crippen molar-refractivity contribution in [1.82, 2.24) is 4.98 Å². The highest BCUT2D eigenvalue weighted by atomic mass is 79.9. The zero-order valence-corrected chi connectivity index (χ0v) is 12.7. The van der Waals surface area contributed by atoms with Gasteiger partial charge in [-0.1, -0.05) is 15.9 Å². The molecule has 1 aromatic heterocycles. The molecule has 0 fully saturated rings. The smallest absolute Gasteiger partial charge is 0.310 e. The summed E-state index contributed by atoms with van der Waals surface area (Å²) in [6.45, 7) is 1.99. The average Bonchev–Trinajstić information content (AvgIpc) is 2.31. The zero-order valence-electron chi connectivity index (χ0n) is 9.55. The molecule has 0 bridgehead atoms. The number of pyridine rings is 1. The van der Waals surface area contributed by atoms with Crippen molar-refractivity contribution in [1.29, 1.82) is 0 Å². The summed E-state index contributed by atoms with van der Waals surface area (Å²) in [5.41, 5.74) is 0.617. The second kappa shape index (κ2) is 7.13. The molecule has 0 N–H and O–H groups in total. The quantitative estimate of drug-likeness (QED) is 0.439. The Balaban J connectivity index is 3.04. The molecule has 1 aromatic rings. The van der Waals surface area contributed by atoms with Crippen molar-refractivity contribution < 1.29 is 18.3 Å². The van der Waals surface area contributed by atoms with E-state index in [2.05, 4.69) is 36.8 Å². The molecule has 0 unspecified atom stereocenters. The summed E-state index contributed by atoms with van der Waals surface area (Å²) in [5.74, 6) is -0.412. The molecule has 0 atom stereocenters. The molecule has 0 saturated carbocycles. The highest BCUT2D eigenvalue weighted by Crippen LogP contribution is 2.27. The fraction of sp³-hybridized carbons (Fsp3) is 0.455. The molecule has 0 aromatic carbocycles. The highest BCUT2D eigenvalue weighted by molar-refractivity contribution is 9.10. The van der Waals surface area contributed by atoms with Crippen LogP contribution in [0.2, 0.25) is 0 Å². The van der Waals surface area contributed by atoms with E-state index in [-0.39, 0.29) is 28.7 Å². The number of ether oxygens (including phenoxy) is 1. The lowest BCUT2D eigenvalue weighted by molar-refractivity contribution is -0.142. The Hall–Kier alpha value is -0.560. The van der Waals surface area contributed by atoms with Gasteiger partial charge in [0.15, 0.2) is 0 Å². The molecule has 7 heteroatoms. The fourth-order valence-corrected chi connectivity index (χ4v) is 2.28. The first-order valence-electron chi connectivity index (χ1n) is 5.17. The standard InChI is InChI=1S/C11H11Br2F2NO2/c1-2-18-8(17)4-6-3-7(5-12)9(11(14)15)16-10(6)13/h3,11H,2,4-5H2,1H3. The van der Waals surface area contributed by atoms with Gasteiger partial charge in [0.05, 0.1) is 13.0 Å². The van der Waals surface area contributed by atoms with Crippen LogP contribution in [0, 0.1) is 0 Å². The lowest BCUT2D eigenvalue weighted by Gasteiger charge is -2.10. The normalized spacial score (nSPS) is 10.8. The highest BCUT2D eigenvalue weighted by Gasteiger charge is 2.18. The summed E-state index contributed by atoms with van der Waals surface area (Å²) < 4.78 is 30.5. The minimum atomic E-state index is -2.65. The Morgan fingerprint density at radius 1 is 1.50 bits per heavy atom. The maximum Gasteiger partial charge on any atom is 0.310 e. The second-order valence-corrected chi connectivity index (χ2v) is 4.71. The number of halogens is 4.